The summed E-state index contributed by atoms with van der Waals surface area (Å²) in [6, 6.07) is 11.6. The van der Waals surface area contributed by atoms with E-state index in [2.05, 4.69) is 10.3 Å². The van der Waals surface area contributed by atoms with Crippen molar-refractivity contribution < 1.29 is 14.5 Å². The minimum Gasteiger partial charge on any atom is -0.496 e. The van der Waals surface area contributed by atoms with E-state index in [1.54, 1.807) is 25.4 Å². The number of para-hydroxylation sites is 1. The number of benzene rings is 2. The standard InChI is InChI=1S/C18H16N4O4/c1-26-17-5-3-2-4-14(17)11-20-18(23)13-6-7-15(16(10-13)22(24)25)21-9-8-19-12-21/h2-10,12H,11H2,1H3,(H,20,23). The molecule has 0 aliphatic heterocycles. The molecule has 1 amide bonds. The zero-order valence-corrected chi connectivity index (χ0v) is 14.0. The maximum absolute atomic E-state index is 12.4. The number of nitrogens with zero attached hydrogens (tertiary/aromatic N) is 3. The SMILES string of the molecule is COc1ccccc1CNC(=O)c1ccc(-n2ccnc2)c([N+](=O)[O-])c1. The van der Waals surface area contributed by atoms with Crippen molar-refractivity contribution in [3.8, 4) is 11.4 Å². The number of ether oxygens (including phenoxy) is 1. The van der Waals surface area contributed by atoms with E-state index < -0.39 is 10.8 Å². The summed E-state index contributed by atoms with van der Waals surface area (Å²) in [5, 5.41) is 14.1. The fraction of sp³-hybridized carbons (Fsp3) is 0.111. The van der Waals surface area contributed by atoms with Gasteiger partial charge < -0.3 is 14.6 Å². The number of aromatic nitrogens is 2. The summed E-state index contributed by atoms with van der Waals surface area (Å²) in [7, 11) is 1.55. The summed E-state index contributed by atoms with van der Waals surface area (Å²) in [5.41, 5.74) is 1.19. The van der Waals surface area contributed by atoms with Gasteiger partial charge in [0.2, 0.25) is 0 Å². The largest absolute Gasteiger partial charge is 0.496 e. The Morgan fingerprint density at radius 2 is 2.12 bits per heavy atom. The van der Waals surface area contributed by atoms with Gasteiger partial charge in [0.05, 0.1) is 18.4 Å². The fourth-order valence-corrected chi connectivity index (χ4v) is 2.56. The van der Waals surface area contributed by atoms with Crippen molar-refractivity contribution in [2.45, 2.75) is 6.54 Å². The molecule has 0 saturated heterocycles. The highest BCUT2D eigenvalue weighted by Gasteiger charge is 2.18. The molecule has 3 aromatic rings. The van der Waals surface area contributed by atoms with Crippen molar-refractivity contribution in [2.24, 2.45) is 0 Å². The lowest BCUT2D eigenvalue weighted by atomic mass is 10.1. The molecule has 0 spiro atoms. The van der Waals surface area contributed by atoms with Crippen LogP contribution in [0.1, 0.15) is 15.9 Å². The van der Waals surface area contributed by atoms with Gasteiger partial charge in [-0.05, 0) is 18.2 Å². The highest BCUT2D eigenvalue weighted by Crippen LogP contribution is 2.24. The smallest absolute Gasteiger partial charge is 0.294 e. The van der Waals surface area contributed by atoms with Crippen LogP contribution >= 0.6 is 0 Å². The third-order valence-electron chi connectivity index (χ3n) is 3.85. The van der Waals surface area contributed by atoms with Gasteiger partial charge in [0.25, 0.3) is 11.6 Å². The van der Waals surface area contributed by atoms with Gasteiger partial charge in [-0.1, -0.05) is 18.2 Å². The number of imidazole rings is 1. The normalized spacial score (nSPS) is 10.3. The molecule has 0 bridgehead atoms. The Labute approximate surface area is 149 Å². The van der Waals surface area contributed by atoms with Gasteiger partial charge in [0.1, 0.15) is 11.4 Å². The van der Waals surface area contributed by atoms with E-state index in [4.69, 9.17) is 4.74 Å². The van der Waals surface area contributed by atoms with Crippen LogP contribution in [0.25, 0.3) is 5.69 Å². The highest BCUT2D eigenvalue weighted by molar-refractivity contribution is 5.95. The van der Waals surface area contributed by atoms with Crippen molar-refractivity contribution in [1.29, 1.82) is 0 Å². The van der Waals surface area contributed by atoms with Gasteiger partial charge in [0.15, 0.2) is 0 Å². The zero-order chi connectivity index (χ0) is 18.5. The topological polar surface area (TPSA) is 99.3 Å². The molecule has 0 unspecified atom stereocenters. The van der Waals surface area contributed by atoms with E-state index in [-0.39, 0.29) is 17.8 Å². The molecule has 1 heterocycles. The second-order valence-corrected chi connectivity index (χ2v) is 5.43. The molecule has 1 aromatic heterocycles. The van der Waals surface area contributed by atoms with Gasteiger partial charge in [-0.25, -0.2) is 4.98 Å². The Morgan fingerprint density at radius 1 is 1.31 bits per heavy atom. The maximum atomic E-state index is 12.4. The van der Waals surface area contributed by atoms with Crippen LogP contribution in [0, 0.1) is 10.1 Å². The van der Waals surface area contributed by atoms with Crippen LogP contribution < -0.4 is 10.1 Å². The molecule has 3 rings (SSSR count). The summed E-state index contributed by atoms with van der Waals surface area (Å²) >= 11 is 0. The number of hydrogen-bond donors (Lipinski definition) is 1. The Bertz CT molecular complexity index is 938. The summed E-state index contributed by atoms with van der Waals surface area (Å²) in [6.45, 7) is 0.250. The molecule has 0 fully saturated rings. The molecule has 0 atom stereocenters. The molecule has 0 radical (unpaired) electrons. The number of nitro groups is 1. The molecule has 0 aliphatic rings. The van der Waals surface area contributed by atoms with Crippen LogP contribution in [0.5, 0.6) is 5.75 Å². The monoisotopic (exact) mass is 352 g/mol. The molecular formula is C18H16N4O4. The molecule has 132 valence electrons. The maximum Gasteiger partial charge on any atom is 0.294 e. The number of carbonyl (C=O) groups is 1. The average molecular weight is 352 g/mol. The summed E-state index contributed by atoms with van der Waals surface area (Å²) < 4.78 is 6.76. The van der Waals surface area contributed by atoms with Crippen LogP contribution in [0.2, 0.25) is 0 Å². The van der Waals surface area contributed by atoms with Crippen LogP contribution in [0.4, 0.5) is 5.69 Å². The molecule has 8 heteroatoms. The number of nitro benzene ring substituents is 1. The minimum absolute atomic E-state index is 0.173. The first kappa shape index (κ1) is 17.2. The summed E-state index contributed by atoms with van der Waals surface area (Å²) in [5.74, 6) is 0.255. The van der Waals surface area contributed by atoms with Crippen molar-refractivity contribution in [3.05, 3.63) is 82.4 Å². The first-order chi connectivity index (χ1) is 12.6. The van der Waals surface area contributed by atoms with Crippen molar-refractivity contribution >= 4 is 11.6 Å². The third-order valence-corrected chi connectivity index (χ3v) is 3.85. The van der Waals surface area contributed by atoms with Gasteiger partial charge >= 0.3 is 0 Å². The number of rotatable bonds is 6. The summed E-state index contributed by atoms with van der Waals surface area (Å²) in [4.78, 5) is 27.1. The first-order valence-corrected chi connectivity index (χ1v) is 7.77. The molecule has 1 N–H and O–H groups in total. The van der Waals surface area contributed by atoms with Gasteiger partial charge in [-0.2, -0.15) is 0 Å². The van der Waals surface area contributed by atoms with Crippen LogP contribution in [0.3, 0.4) is 0 Å². The number of methoxy groups -OCH3 is 1. The molecule has 26 heavy (non-hydrogen) atoms. The predicted molar refractivity (Wildman–Crippen MR) is 94.4 cm³/mol. The summed E-state index contributed by atoms with van der Waals surface area (Å²) in [6.07, 6.45) is 4.59. The van der Waals surface area contributed by atoms with E-state index >= 15 is 0 Å². The fourth-order valence-electron chi connectivity index (χ4n) is 2.56. The number of nitrogens with one attached hydrogen (secondary N) is 1. The first-order valence-electron chi connectivity index (χ1n) is 7.77. The van der Waals surface area contributed by atoms with E-state index in [9.17, 15) is 14.9 Å². The highest BCUT2D eigenvalue weighted by atomic mass is 16.6. The Kier molecular flexibility index (Phi) is 4.93. The zero-order valence-electron chi connectivity index (χ0n) is 14.0. The predicted octanol–water partition coefficient (Wildman–Crippen LogP) is 2.72. The molecular weight excluding hydrogens is 336 g/mol. The lowest BCUT2D eigenvalue weighted by Gasteiger charge is -2.10. The van der Waals surface area contributed by atoms with Crippen LogP contribution in [0.15, 0.2) is 61.2 Å². The average Bonchev–Trinajstić information content (AvgIpc) is 3.20. The van der Waals surface area contributed by atoms with Gasteiger partial charge in [-0.3, -0.25) is 14.9 Å². The quantitative estimate of drug-likeness (QED) is 0.543. The second-order valence-electron chi connectivity index (χ2n) is 5.43. The second kappa shape index (κ2) is 7.47. The van der Waals surface area contributed by atoms with Crippen molar-refractivity contribution in [1.82, 2.24) is 14.9 Å². The van der Waals surface area contributed by atoms with Crippen LogP contribution in [-0.2, 0) is 6.54 Å². The van der Waals surface area contributed by atoms with Crippen LogP contribution in [-0.4, -0.2) is 27.5 Å². The molecule has 2 aromatic carbocycles. The molecule has 0 saturated carbocycles. The lowest BCUT2D eigenvalue weighted by Crippen LogP contribution is -2.23. The lowest BCUT2D eigenvalue weighted by molar-refractivity contribution is -0.384. The third kappa shape index (κ3) is 3.54. The Morgan fingerprint density at radius 3 is 2.81 bits per heavy atom. The van der Waals surface area contributed by atoms with Crippen molar-refractivity contribution in [3.63, 3.8) is 0 Å². The van der Waals surface area contributed by atoms with E-state index in [1.165, 1.54) is 29.2 Å². The van der Waals surface area contributed by atoms with Crippen molar-refractivity contribution in [2.75, 3.05) is 7.11 Å². The number of amides is 1. The Hall–Kier alpha value is -3.68. The van der Waals surface area contributed by atoms with Gasteiger partial charge in [0, 0.05) is 36.1 Å². The van der Waals surface area contributed by atoms with Gasteiger partial charge in [-0.15, -0.1) is 0 Å². The molecule has 0 aliphatic carbocycles. The minimum atomic E-state index is -0.521. The molecule has 8 nitrogen and oxygen atoms in total. The van der Waals surface area contributed by atoms with E-state index in [1.807, 2.05) is 18.2 Å². The van der Waals surface area contributed by atoms with E-state index in [0.29, 0.717) is 11.4 Å². The number of carbonyl (C=O) groups excluding carboxylic acids is 1. The Balaban J connectivity index is 1.81. The van der Waals surface area contributed by atoms with E-state index in [0.717, 1.165) is 5.56 Å². The number of hydrogen-bond acceptors (Lipinski definition) is 5.